The molecule has 0 bridgehead atoms. The van der Waals surface area contributed by atoms with E-state index in [1.807, 2.05) is 12.1 Å². The lowest BCUT2D eigenvalue weighted by Gasteiger charge is -2.10. The second-order valence-electron chi connectivity index (χ2n) is 3.45. The zero-order valence-electron chi connectivity index (χ0n) is 9.66. The van der Waals surface area contributed by atoms with Crippen LogP contribution in [0, 0.1) is 0 Å². The zero-order chi connectivity index (χ0) is 13.3. The molecule has 0 saturated carbocycles. The minimum Gasteiger partial charge on any atom is -0.496 e. The van der Waals surface area contributed by atoms with Crippen LogP contribution in [0.25, 0.3) is 10.9 Å². The Kier molecular flexibility index (Phi) is 3.87. The Hall–Kier alpha value is -1.14. The average molecular weight is 375 g/mol. The maximum absolute atomic E-state index is 11.6. The first-order chi connectivity index (χ1) is 8.58. The van der Waals surface area contributed by atoms with Crippen LogP contribution in [-0.2, 0) is 4.74 Å². The first-order valence-corrected chi connectivity index (χ1v) is 6.58. The van der Waals surface area contributed by atoms with E-state index in [1.54, 1.807) is 13.2 Å². The van der Waals surface area contributed by atoms with E-state index in [0.29, 0.717) is 11.3 Å². The van der Waals surface area contributed by atoms with Crippen LogP contribution in [0.15, 0.2) is 27.1 Å². The Morgan fingerprint density at radius 2 is 1.89 bits per heavy atom. The number of carbonyl (C=O) groups is 1. The zero-order valence-corrected chi connectivity index (χ0v) is 12.8. The average Bonchev–Trinajstić information content (AvgIpc) is 2.40. The number of esters is 1. The Labute approximate surface area is 121 Å². The molecule has 0 radical (unpaired) electrons. The largest absolute Gasteiger partial charge is 0.496 e. The highest BCUT2D eigenvalue weighted by molar-refractivity contribution is 9.11. The molecule has 2 aromatic rings. The minimum atomic E-state index is -0.498. The topological polar surface area (TPSA) is 48.4 Å². The van der Waals surface area contributed by atoms with Gasteiger partial charge in [-0.05, 0) is 44.0 Å². The van der Waals surface area contributed by atoms with Crippen LogP contribution in [0.1, 0.15) is 10.5 Å². The van der Waals surface area contributed by atoms with E-state index in [4.69, 9.17) is 4.74 Å². The van der Waals surface area contributed by atoms with E-state index in [2.05, 4.69) is 41.6 Å². The van der Waals surface area contributed by atoms with Gasteiger partial charge in [0.15, 0.2) is 5.69 Å². The van der Waals surface area contributed by atoms with Gasteiger partial charge in [-0.25, -0.2) is 9.78 Å². The summed E-state index contributed by atoms with van der Waals surface area (Å²) in [5.41, 5.74) is 0.852. The van der Waals surface area contributed by atoms with Gasteiger partial charge in [-0.15, -0.1) is 0 Å². The minimum absolute atomic E-state index is 0.209. The van der Waals surface area contributed by atoms with Crippen LogP contribution in [-0.4, -0.2) is 25.2 Å². The van der Waals surface area contributed by atoms with E-state index < -0.39 is 5.97 Å². The van der Waals surface area contributed by atoms with Crippen molar-refractivity contribution in [3.05, 3.63) is 32.8 Å². The van der Waals surface area contributed by atoms with E-state index in [9.17, 15) is 4.79 Å². The summed E-state index contributed by atoms with van der Waals surface area (Å²) < 4.78 is 11.6. The van der Waals surface area contributed by atoms with Crippen LogP contribution < -0.4 is 4.74 Å². The molecule has 0 fully saturated rings. The smallest absolute Gasteiger partial charge is 0.356 e. The maximum Gasteiger partial charge on any atom is 0.356 e. The second kappa shape index (κ2) is 5.24. The third-order valence-electron chi connectivity index (χ3n) is 2.44. The van der Waals surface area contributed by atoms with Gasteiger partial charge >= 0.3 is 5.97 Å². The molecule has 0 spiro atoms. The summed E-state index contributed by atoms with van der Waals surface area (Å²) in [6.07, 6.45) is 0. The summed E-state index contributed by atoms with van der Waals surface area (Å²) in [5, 5.41) is 0.805. The van der Waals surface area contributed by atoms with Gasteiger partial charge < -0.3 is 9.47 Å². The van der Waals surface area contributed by atoms with Crippen molar-refractivity contribution in [1.29, 1.82) is 0 Å². The summed E-state index contributed by atoms with van der Waals surface area (Å²) in [6.45, 7) is 0. The van der Waals surface area contributed by atoms with Crippen molar-refractivity contribution in [3.8, 4) is 5.75 Å². The fourth-order valence-electron chi connectivity index (χ4n) is 1.60. The molecule has 4 nitrogen and oxygen atoms in total. The molecule has 0 unspecified atom stereocenters. The SMILES string of the molecule is COC(=O)c1cc(OC)c2c(Br)ccc(Br)c2n1. The van der Waals surface area contributed by atoms with Gasteiger partial charge in [-0.3, -0.25) is 0 Å². The number of carbonyl (C=O) groups excluding carboxylic acids is 1. The second-order valence-corrected chi connectivity index (χ2v) is 5.16. The van der Waals surface area contributed by atoms with Gasteiger partial charge in [0.25, 0.3) is 0 Å². The van der Waals surface area contributed by atoms with Crippen molar-refractivity contribution >= 4 is 48.7 Å². The molecule has 18 heavy (non-hydrogen) atoms. The van der Waals surface area contributed by atoms with Crippen LogP contribution >= 0.6 is 31.9 Å². The summed E-state index contributed by atoms with van der Waals surface area (Å²) in [6, 6.07) is 5.29. The lowest BCUT2D eigenvalue weighted by molar-refractivity contribution is 0.0594. The third-order valence-corrected chi connectivity index (χ3v) is 3.74. The fourth-order valence-corrected chi connectivity index (χ4v) is 2.54. The van der Waals surface area contributed by atoms with Gasteiger partial charge in [0.05, 0.1) is 25.1 Å². The first-order valence-electron chi connectivity index (χ1n) is 4.99. The normalized spacial score (nSPS) is 10.4. The standard InChI is InChI=1S/C12H9Br2NO3/c1-17-9-5-8(12(16)18-2)15-11-7(14)4-3-6(13)10(9)11/h3-5H,1-2H3. The molecule has 0 amide bonds. The number of rotatable bonds is 2. The van der Waals surface area contributed by atoms with E-state index >= 15 is 0 Å². The summed E-state index contributed by atoms with van der Waals surface area (Å²) in [4.78, 5) is 15.8. The Morgan fingerprint density at radius 1 is 1.22 bits per heavy atom. The van der Waals surface area contributed by atoms with Gasteiger partial charge in [-0.1, -0.05) is 0 Å². The highest BCUT2D eigenvalue weighted by Crippen LogP contribution is 2.36. The number of methoxy groups -OCH3 is 2. The van der Waals surface area contributed by atoms with Crippen molar-refractivity contribution < 1.29 is 14.3 Å². The Morgan fingerprint density at radius 3 is 2.50 bits per heavy atom. The molecular weight excluding hydrogens is 366 g/mol. The summed E-state index contributed by atoms with van der Waals surface area (Å²) >= 11 is 6.85. The molecule has 1 heterocycles. The summed E-state index contributed by atoms with van der Waals surface area (Å²) in [7, 11) is 2.86. The maximum atomic E-state index is 11.6. The molecule has 2 rings (SSSR count). The van der Waals surface area contributed by atoms with Crippen LogP contribution in [0.2, 0.25) is 0 Å². The molecule has 0 aliphatic rings. The molecule has 0 atom stereocenters. The summed E-state index contributed by atoms with van der Waals surface area (Å²) in [5.74, 6) is 0.0654. The highest BCUT2D eigenvalue weighted by Gasteiger charge is 2.16. The number of hydrogen-bond donors (Lipinski definition) is 0. The number of hydrogen-bond acceptors (Lipinski definition) is 4. The molecule has 0 aliphatic heterocycles. The molecule has 0 aliphatic carbocycles. The third kappa shape index (κ3) is 2.22. The predicted octanol–water partition coefficient (Wildman–Crippen LogP) is 3.56. The van der Waals surface area contributed by atoms with E-state index in [0.717, 1.165) is 14.3 Å². The Balaban J connectivity index is 2.83. The molecule has 1 aromatic carbocycles. The van der Waals surface area contributed by atoms with Crippen LogP contribution in [0.3, 0.4) is 0 Å². The highest BCUT2D eigenvalue weighted by atomic mass is 79.9. The number of benzene rings is 1. The molecule has 6 heteroatoms. The van der Waals surface area contributed by atoms with E-state index in [1.165, 1.54) is 7.11 Å². The molecule has 0 N–H and O–H groups in total. The van der Waals surface area contributed by atoms with Crippen molar-refractivity contribution in [2.24, 2.45) is 0 Å². The monoisotopic (exact) mass is 373 g/mol. The lowest BCUT2D eigenvalue weighted by Crippen LogP contribution is -2.05. The number of nitrogens with zero attached hydrogens (tertiary/aromatic N) is 1. The first kappa shape index (κ1) is 13.3. The van der Waals surface area contributed by atoms with Crippen molar-refractivity contribution in [1.82, 2.24) is 4.98 Å². The van der Waals surface area contributed by atoms with Crippen LogP contribution in [0.5, 0.6) is 5.75 Å². The number of pyridine rings is 1. The Bertz CT molecular complexity index is 628. The van der Waals surface area contributed by atoms with Gasteiger partial charge in [0, 0.05) is 15.0 Å². The predicted molar refractivity (Wildman–Crippen MR) is 75.0 cm³/mol. The van der Waals surface area contributed by atoms with Gasteiger partial charge in [0.2, 0.25) is 0 Å². The van der Waals surface area contributed by atoms with E-state index in [-0.39, 0.29) is 5.69 Å². The quantitative estimate of drug-likeness (QED) is 0.754. The molecule has 94 valence electrons. The van der Waals surface area contributed by atoms with Gasteiger partial charge in [0.1, 0.15) is 5.75 Å². The number of halogens is 2. The number of fused-ring (bicyclic) bond motifs is 1. The molecular formula is C12H9Br2NO3. The number of ether oxygens (including phenoxy) is 2. The van der Waals surface area contributed by atoms with Gasteiger partial charge in [-0.2, -0.15) is 0 Å². The lowest BCUT2D eigenvalue weighted by atomic mass is 10.2. The van der Waals surface area contributed by atoms with Crippen LogP contribution in [0.4, 0.5) is 0 Å². The fraction of sp³-hybridized carbons (Fsp3) is 0.167. The molecule has 1 aromatic heterocycles. The van der Waals surface area contributed by atoms with Crippen molar-refractivity contribution in [3.63, 3.8) is 0 Å². The van der Waals surface area contributed by atoms with Crippen molar-refractivity contribution in [2.45, 2.75) is 0 Å². The van der Waals surface area contributed by atoms with Crippen molar-refractivity contribution in [2.75, 3.05) is 14.2 Å². The molecule has 0 saturated heterocycles. The number of aromatic nitrogens is 1.